The first kappa shape index (κ1) is 11.9. The molecule has 0 bridgehead atoms. The number of carbonyl (C=O) groups excluding carboxylic acids is 1. The zero-order chi connectivity index (χ0) is 10.4. The molecule has 0 aliphatic rings. The summed E-state index contributed by atoms with van der Waals surface area (Å²) in [7, 11) is 0. The number of hydrogen-bond donors (Lipinski definition) is 2. The molecule has 0 aliphatic carbocycles. The van der Waals surface area contributed by atoms with Crippen LogP contribution < -0.4 is 5.32 Å². The van der Waals surface area contributed by atoms with Crippen LogP contribution in [0.25, 0.3) is 0 Å². The first-order valence-corrected chi connectivity index (χ1v) is 4.05. The number of hydrogen-bond acceptors (Lipinski definition) is 2. The largest absolute Gasteiger partial charge is 0.480 e. The number of alkyl halides is 1. The predicted molar refractivity (Wildman–Crippen MR) is 45.0 cm³/mol. The first-order chi connectivity index (χ1) is 5.97. The summed E-state index contributed by atoms with van der Waals surface area (Å²) >= 11 is 0. The van der Waals surface area contributed by atoms with E-state index in [1.807, 2.05) is 13.8 Å². The van der Waals surface area contributed by atoms with Crippen LogP contribution in [0.15, 0.2) is 0 Å². The molecule has 1 unspecified atom stereocenters. The highest BCUT2D eigenvalue weighted by atomic mass is 19.1. The van der Waals surface area contributed by atoms with Gasteiger partial charge in [-0.3, -0.25) is 4.79 Å². The number of carboxylic acid groups (broad SMARTS) is 1. The fourth-order valence-electron chi connectivity index (χ4n) is 0.926. The van der Waals surface area contributed by atoms with E-state index < -0.39 is 24.6 Å². The molecule has 0 aromatic rings. The maximum Gasteiger partial charge on any atom is 0.326 e. The fraction of sp³-hybridized carbons (Fsp3) is 0.750. The Morgan fingerprint density at radius 2 is 2.00 bits per heavy atom. The highest BCUT2D eigenvalue weighted by molar-refractivity contribution is 5.84. The quantitative estimate of drug-likeness (QED) is 0.667. The van der Waals surface area contributed by atoms with Crippen molar-refractivity contribution in [3.05, 3.63) is 0 Å². The lowest BCUT2D eigenvalue weighted by Gasteiger charge is -2.15. The summed E-state index contributed by atoms with van der Waals surface area (Å²) in [5.41, 5.74) is 0. The highest BCUT2D eigenvalue weighted by Crippen LogP contribution is 2.04. The summed E-state index contributed by atoms with van der Waals surface area (Å²) in [4.78, 5) is 21.1. The van der Waals surface area contributed by atoms with Gasteiger partial charge in [-0.15, -0.1) is 0 Å². The van der Waals surface area contributed by atoms with Gasteiger partial charge in [0.25, 0.3) is 5.91 Å². The molecule has 5 heteroatoms. The Morgan fingerprint density at radius 3 is 2.31 bits per heavy atom. The van der Waals surface area contributed by atoms with Crippen LogP contribution in [-0.4, -0.2) is 29.7 Å². The molecule has 4 nitrogen and oxygen atoms in total. The van der Waals surface area contributed by atoms with E-state index in [1.54, 1.807) is 0 Å². The maximum absolute atomic E-state index is 11.7. The van der Waals surface area contributed by atoms with Crippen molar-refractivity contribution in [2.75, 3.05) is 6.67 Å². The van der Waals surface area contributed by atoms with E-state index in [1.165, 1.54) is 0 Å². The van der Waals surface area contributed by atoms with Gasteiger partial charge in [0.2, 0.25) is 0 Å². The predicted octanol–water partition coefficient (Wildman–Crippen LogP) is 0.571. The first-order valence-electron chi connectivity index (χ1n) is 4.05. The van der Waals surface area contributed by atoms with Gasteiger partial charge in [-0.2, -0.15) is 0 Å². The van der Waals surface area contributed by atoms with E-state index in [-0.39, 0.29) is 5.92 Å². The van der Waals surface area contributed by atoms with Gasteiger partial charge in [-0.05, 0) is 12.3 Å². The summed E-state index contributed by atoms with van der Waals surface area (Å²) in [6, 6.07) is -0.983. The summed E-state index contributed by atoms with van der Waals surface area (Å²) in [5.74, 6) is -1.87. The van der Waals surface area contributed by atoms with Crippen molar-refractivity contribution in [3.63, 3.8) is 0 Å². The van der Waals surface area contributed by atoms with Crippen LogP contribution in [0.1, 0.15) is 20.3 Å². The summed E-state index contributed by atoms with van der Waals surface area (Å²) in [6.07, 6.45) is 0.307. The minimum absolute atomic E-state index is 0.140. The number of carbonyl (C=O) groups is 2. The van der Waals surface area contributed by atoms with Gasteiger partial charge < -0.3 is 10.4 Å². The molecule has 1 amide bonds. The fourth-order valence-corrected chi connectivity index (χ4v) is 0.926. The number of nitrogens with one attached hydrogen (secondary N) is 1. The van der Waals surface area contributed by atoms with Crippen molar-refractivity contribution in [1.29, 1.82) is 0 Å². The van der Waals surface area contributed by atoms with Crippen LogP contribution in [-0.2, 0) is 9.59 Å². The van der Waals surface area contributed by atoms with Gasteiger partial charge in [0.05, 0.1) is 0 Å². The molecule has 0 aromatic heterocycles. The second-order valence-corrected chi connectivity index (χ2v) is 3.22. The van der Waals surface area contributed by atoms with Crippen molar-refractivity contribution in [2.24, 2.45) is 5.92 Å². The van der Waals surface area contributed by atoms with Gasteiger partial charge in [-0.25, -0.2) is 9.18 Å². The molecule has 0 rings (SSSR count). The normalized spacial score (nSPS) is 12.6. The van der Waals surface area contributed by atoms with Crippen LogP contribution in [0.3, 0.4) is 0 Å². The van der Waals surface area contributed by atoms with E-state index in [2.05, 4.69) is 5.32 Å². The molecule has 0 spiro atoms. The summed E-state index contributed by atoms with van der Waals surface area (Å²) in [6.45, 7) is 2.48. The Bertz CT molecular complexity index is 194. The molecule has 2 N–H and O–H groups in total. The van der Waals surface area contributed by atoms with E-state index in [9.17, 15) is 14.0 Å². The molecule has 0 saturated carbocycles. The van der Waals surface area contributed by atoms with Crippen molar-refractivity contribution in [1.82, 2.24) is 5.32 Å². The summed E-state index contributed by atoms with van der Waals surface area (Å²) < 4.78 is 11.7. The Morgan fingerprint density at radius 1 is 1.46 bits per heavy atom. The van der Waals surface area contributed by atoms with Crippen LogP contribution >= 0.6 is 0 Å². The van der Waals surface area contributed by atoms with Crippen molar-refractivity contribution in [3.8, 4) is 0 Å². The van der Waals surface area contributed by atoms with Crippen molar-refractivity contribution < 1.29 is 19.1 Å². The van der Waals surface area contributed by atoms with Crippen LogP contribution in [0, 0.1) is 5.92 Å². The zero-order valence-electron chi connectivity index (χ0n) is 7.71. The molecule has 0 saturated heterocycles. The number of amides is 1. The average molecular weight is 191 g/mol. The van der Waals surface area contributed by atoms with Crippen molar-refractivity contribution >= 4 is 11.9 Å². The van der Waals surface area contributed by atoms with E-state index in [0.29, 0.717) is 6.42 Å². The monoisotopic (exact) mass is 191 g/mol. The SMILES string of the molecule is CC(C)CC(NC(=O)CF)C(=O)O. The Kier molecular flexibility index (Phi) is 5.03. The molecular weight excluding hydrogens is 177 g/mol. The molecule has 0 aliphatic heterocycles. The third kappa shape index (κ3) is 5.16. The maximum atomic E-state index is 11.7. The molecule has 0 fully saturated rings. The Hall–Kier alpha value is -1.13. The standard InChI is InChI=1S/C8H14FNO3/c1-5(2)3-6(8(12)13)10-7(11)4-9/h5-6H,3-4H2,1-2H3,(H,10,11)(H,12,13). The number of halogens is 1. The lowest BCUT2D eigenvalue weighted by atomic mass is 10.0. The molecule has 13 heavy (non-hydrogen) atoms. The number of carboxylic acids is 1. The zero-order valence-corrected chi connectivity index (χ0v) is 7.71. The second kappa shape index (κ2) is 5.50. The third-order valence-corrected chi connectivity index (χ3v) is 1.46. The third-order valence-electron chi connectivity index (χ3n) is 1.46. The van der Waals surface area contributed by atoms with Crippen LogP contribution in [0.2, 0.25) is 0 Å². The molecule has 0 aromatic carbocycles. The molecule has 1 atom stereocenters. The minimum atomic E-state index is -1.18. The number of rotatable bonds is 5. The van der Waals surface area contributed by atoms with Gasteiger partial charge in [0.1, 0.15) is 6.04 Å². The summed E-state index contributed by atoms with van der Waals surface area (Å²) in [5, 5.41) is 10.7. The molecule has 76 valence electrons. The molecule has 0 radical (unpaired) electrons. The lowest BCUT2D eigenvalue weighted by Crippen LogP contribution is -2.42. The van der Waals surface area contributed by atoms with E-state index >= 15 is 0 Å². The highest BCUT2D eigenvalue weighted by Gasteiger charge is 2.20. The Balaban J connectivity index is 4.10. The molecular formula is C8H14FNO3. The van der Waals surface area contributed by atoms with Crippen LogP contribution in [0.4, 0.5) is 4.39 Å². The van der Waals surface area contributed by atoms with E-state index in [4.69, 9.17) is 5.11 Å². The van der Waals surface area contributed by atoms with Crippen LogP contribution in [0.5, 0.6) is 0 Å². The van der Waals surface area contributed by atoms with Crippen molar-refractivity contribution in [2.45, 2.75) is 26.3 Å². The van der Waals surface area contributed by atoms with Gasteiger partial charge >= 0.3 is 5.97 Å². The average Bonchev–Trinajstić information content (AvgIpc) is 2.02. The topological polar surface area (TPSA) is 66.4 Å². The second-order valence-electron chi connectivity index (χ2n) is 3.22. The Labute approximate surface area is 76.1 Å². The van der Waals surface area contributed by atoms with Gasteiger partial charge in [0.15, 0.2) is 6.67 Å². The lowest BCUT2D eigenvalue weighted by molar-refractivity contribution is -0.142. The minimum Gasteiger partial charge on any atom is -0.480 e. The number of aliphatic carboxylic acids is 1. The van der Waals surface area contributed by atoms with Gasteiger partial charge in [-0.1, -0.05) is 13.8 Å². The molecule has 0 heterocycles. The smallest absolute Gasteiger partial charge is 0.326 e. The van der Waals surface area contributed by atoms with E-state index in [0.717, 1.165) is 0 Å². The van der Waals surface area contributed by atoms with Gasteiger partial charge in [0, 0.05) is 0 Å².